The lowest BCUT2D eigenvalue weighted by atomic mass is 10.1. The first-order valence-electron chi connectivity index (χ1n) is 4.54. The van der Waals surface area contributed by atoms with Crippen molar-refractivity contribution in [2.75, 3.05) is 12.3 Å². The standard InChI is InChI=1S/C10H11NO4S/c12-7-8-1-3-9(4-2-8)10(13)11-5-6-16(14)15/h1-4,7H,5-6H2,(H,11,13)(H,14,15). The molecule has 0 aliphatic heterocycles. The van der Waals surface area contributed by atoms with Crippen LogP contribution in [0.1, 0.15) is 20.7 Å². The third kappa shape index (κ3) is 3.92. The van der Waals surface area contributed by atoms with E-state index in [0.717, 1.165) is 0 Å². The average Bonchev–Trinajstić information content (AvgIpc) is 2.28. The Morgan fingerprint density at radius 3 is 2.50 bits per heavy atom. The van der Waals surface area contributed by atoms with Crippen LogP contribution in [0.4, 0.5) is 0 Å². The number of hydrogen-bond donors (Lipinski definition) is 2. The van der Waals surface area contributed by atoms with E-state index in [1.165, 1.54) is 24.3 Å². The first-order valence-corrected chi connectivity index (χ1v) is 5.82. The summed E-state index contributed by atoms with van der Waals surface area (Å²) in [7, 11) is 0. The topological polar surface area (TPSA) is 83.5 Å². The number of rotatable bonds is 5. The minimum absolute atomic E-state index is 0.00182. The molecule has 0 heterocycles. The summed E-state index contributed by atoms with van der Waals surface area (Å²) in [4.78, 5) is 21.8. The van der Waals surface area contributed by atoms with E-state index in [1.807, 2.05) is 0 Å². The molecule has 0 spiro atoms. The summed E-state index contributed by atoms with van der Waals surface area (Å²) >= 11 is -1.90. The molecule has 1 aromatic rings. The molecule has 1 unspecified atom stereocenters. The first-order chi connectivity index (χ1) is 7.63. The summed E-state index contributed by atoms with van der Waals surface area (Å²) in [5.74, 6) is -0.332. The fraction of sp³-hybridized carbons (Fsp3) is 0.200. The Morgan fingerprint density at radius 2 is 2.00 bits per heavy atom. The molecule has 1 aromatic carbocycles. The summed E-state index contributed by atoms with van der Waals surface area (Å²) in [5, 5.41) is 2.49. The van der Waals surface area contributed by atoms with Crippen LogP contribution in [-0.4, -0.2) is 33.3 Å². The van der Waals surface area contributed by atoms with Crippen LogP contribution in [0, 0.1) is 0 Å². The highest BCUT2D eigenvalue weighted by molar-refractivity contribution is 7.79. The second kappa shape index (κ2) is 6.14. The van der Waals surface area contributed by atoms with Gasteiger partial charge in [-0.15, -0.1) is 0 Å². The largest absolute Gasteiger partial charge is 0.351 e. The molecule has 0 aliphatic carbocycles. The van der Waals surface area contributed by atoms with Gasteiger partial charge in [0.2, 0.25) is 0 Å². The van der Waals surface area contributed by atoms with E-state index in [0.29, 0.717) is 17.4 Å². The van der Waals surface area contributed by atoms with Crippen molar-refractivity contribution in [3.63, 3.8) is 0 Å². The zero-order valence-corrected chi connectivity index (χ0v) is 9.20. The van der Waals surface area contributed by atoms with E-state index in [2.05, 4.69) is 5.32 Å². The molecule has 86 valence electrons. The molecule has 0 saturated carbocycles. The number of amides is 1. The molecule has 1 rings (SSSR count). The lowest BCUT2D eigenvalue weighted by Gasteiger charge is -2.03. The maximum absolute atomic E-state index is 11.4. The smallest absolute Gasteiger partial charge is 0.251 e. The predicted octanol–water partition coefficient (Wildman–Crippen LogP) is 0.451. The molecule has 0 bridgehead atoms. The van der Waals surface area contributed by atoms with Crippen LogP contribution in [-0.2, 0) is 11.1 Å². The Balaban J connectivity index is 2.52. The molecule has 16 heavy (non-hydrogen) atoms. The zero-order valence-electron chi connectivity index (χ0n) is 8.38. The Morgan fingerprint density at radius 1 is 1.38 bits per heavy atom. The Labute approximate surface area is 95.1 Å². The van der Waals surface area contributed by atoms with E-state index in [9.17, 15) is 13.8 Å². The molecule has 0 fully saturated rings. The summed E-state index contributed by atoms with van der Waals surface area (Å²) in [6.45, 7) is 0.136. The van der Waals surface area contributed by atoms with Gasteiger partial charge in [-0.3, -0.25) is 9.59 Å². The minimum atomic E-state index is -1.90. The maximum atomic E-state index is 11.4. The number of nitrogens with one attached hydrogen (secondary N) is 1. The van der Waals surface area contributed by atoms with E-state index in [-0.39, 0.29) is 18.2 Å². The molecule has 0 aliphatic rings. The van der Waals surface area contributed by atoms with E-state index in [4.69, 9.17) is 4.55 Å². The van der Waals surface area contributed by atoms with Crippen LogP contribution in [0.25, 0.3) is 0 Å². The second-order valence-electron chi connectivity index (χ2n) is 3.02. The summed E-state index contributed by atoms with van der Waals surface area (Å²) in [5.41, 5.74) is 0.905. The number of benzene rings is 1. The fourth-order valence-corrected chi connectivity index (χ4v) is 1.34. The lowest BCUT2D eigenvalue weighted by Crippen LogP contribution is -2.27. The van der Waals surface area contributed by atoms with Crippen LogP contribution < -0.4 is 5.32 Å². The van der Waals surface area contributed by atoms with Crippen LogP contribution in [0.3, 0.4) is 0 Å². The lowest BCUT2D eigenvalue weighted by molar-refractivity contribution is 0.0955. The molecule has 1 atom stereocenters. The second-order valence-corrected chi connectivity index (χ2v) is 4.07. The van der Waals surface area contributed by atoms with Crippen molar-refractivity contribution in [3.8, 4) is 0 Å². The van der Waals surface area contributed by atoms with E-state index in [1.54, 1.807) is 0 Å². The van der Waals surface area contributed by atoms with Crippen molar-refractivity contribution in [1.29, 1.82) is 0 Å². The molecular weight excluding hydrogens is 230 g/mol. The monoisotopic (exact) mass is 241 g/mol. The molecule has 0 aromatic heterocycles. The number of aldehydes is 1. The zero-order chi connectivity index (χ0) is 12.0. The maximum Gasteiger partial charge on any atom is 0.251 e. The van der Waals surface area contributed by atoms with Gasteiger partial charge in [0.15, 0.2) is 11.1 Å². The van der Waals surface area contributed by atoms with Gasteiger partial charge in [0.05, 0.1) is 5.75 Å². The highest BCUT2D eigenvalue weighted by Gasteiger charge is 2.04. The highest BCUT2D eigenvalue weighted by Crippen LogP contribution is 2.01. The van der Waals surface area contributed by atoms with Gasteiger partial charge in [-0.2, -0.15) is 0 Å². The van der Waals surface area contributed by atoms with Crippen molar-refractivity contribution in [2.45, 2.75) is 0 Å². The van der Waals surface area contributed by atoms with Crippen LogP contribution in [0.15, 0.2) is 24.3 Å². The predicted molar refractivity (Wildman–Crippen MR) is 59.8 cm³/mol. The highest BCUT2D eigenvalue weighted by atomic mass is 32.2. The molecule has 6 heteroatoms. The Hall–Kier alpha value is -1.53. The van der Waals surface area contributed by atoms with Crippen LogP contribution in [0.5, 0.6) is 0 Å². The van der Waals surface area contributed by atoms with Crippen molar-refractivity contribution >= 4 is 23.3 Å². The van der Waals surface area contributed by atoms with E-state index < -0.39 is 11.1 Å². The third-order valence-corrected chi connectivity index (χ3v) is 2.42. The van der Waals surface area contributed by atoms with Gasteiger partial charge in [-0.25, -0.2) is 4.21 Å². The molecule has 0 radical (unpaired) electrons. The van der Waals surface area contributed by atoms with Crippen molar-refractivity contribution in [1.82, 2.24) is 5.32 Å². The van der Waals surface area contributed by atoms with Gasteiger partial charge in [0.1, 0.15) is 6.29 Å². The Bertz CT molecular complexity index is 402. The fourth-order valence-electron chi connectivity index (χ4n) is 1.07. The molecule has 2 N–H and O–H groups in total. The van der Waals surface area contributed by atoms with Crippen LogP contribution >= 0.6 is 0 Å². The van der Waals surface area contributed by atoms with Gasteiger partial charge in [-0.05, 0) is 12.1 Å². The number of hydrogen-bond acceptors (Lipinski definition) is 3. The van der Waals surface area contributed by atoms with Gasteiger partial charge in [0, 0.05) is 17.7 Å². The minimum Gasteiger partial charge on any atom is -0.351 e. The van der Waals surface area contributed by atoms with Crippen molar-refractivity contribution in [2.24, 2.45) is 0 Å². The SMILES string of the molecule is O=Cc1ccc(C(=O)NCCS(=O)O)cc1. The first kappa shape index (κ1) is 12.5. The molecule has 0 saturated heterocycles. The van der Waals surface area contributed by atoms with Crippen LogP contribution in [0.2, 0.25) is 0 Å². The van der Waals surface area contributed by atoms with Gasteiger partial charge in [-0.1, -0.05) is 12.1 Å². The summed E-state index contributed by atoms with van der Waals surface area (Å²) in [6.07, 6.45) is 0.691. The Kier molecular flexibility index (Phi) is 4.81. The summed E-state index contributed by atoms with van der Waals surface area (Å²) in [6, 6.07) is 6.11. The third-order valence-electron chi connectivity index (χ3n) is 1.87. The van der Waals surface area contributed by atoms with Gasteiger partial charge in [0.25, 0.3) is 5.91 Å². The van der Waals surface area contributed by atoms with Crippen molar-refractivity contribution in [3.05, 3.63) is 35.4 Å². The van der Waals surface area contributed by atoms with E-state index >= 15 is 0 Å². The normalized spacial score (nSPS) is 11.8. The molecule has 1 amide bonds. The van der Waals surface area contributed by atoms with Gasteiger partial charge >= 0.3 is 0 Å². The number of carbonyl (C=O) groups is 2. The van der Waals surface area contributed by atoms with Crippen molar-refractivity contribution < 1.29 is 18.4 Å². The average molecular weight is 241 g/mol. The summed E-state index contributed by atoms with van der Waals surface area (Å²) < 4.78 is 18.8. The number of carbonyl (C=O) groups excluding carboxylic acids is 2. The molecule has 5 nitrogen and oxygen atoms in total. The van der Waals surface area contributed by atoms with Gasteiger partial charge < -0.3 is 9.87 Å². The quantitative estimate of drug-likeness (QED) is 0.579. The molecular formula is C10H11NO4S.